The number of benzene rings is 2. The van der Waals surface area contributed by atoms with Crippen molar-refractivity contribution < 1.29 is 8.42 Å². The minimum Gasteiger partial charge on any atom is -0.263 e. The van der Waals surface area contributed by atoms with Crippen LogP contribution >= 0.6 is 23.2 Å². The van der Waals surface area contributed by atoms with Crippen molar-refractivity contribution in [3.05, 3.63) is 58.1 Å². The van der Waals surface area contributed by atoms with E-state index in [1.54, 1.807) is 0 Å². The van der Waals surface area contributed by atoms with Gasteiger partial charge in [-0.05, 0) is 43.2 Å². The van der Waals surface area contributed by atoms with Gasteiger partial charge < -0.3 is 0 Å². The van der Waals surface area contributed by atoms with Crippen LogP contribution in [0.25, 0.3) is 0 Å². The van der Waals surface area contributed by atoms with Crippen molar-refractivity contribution in [2.45, 2.75) is 24.3 Å². The van der Waals surface area contributed by atoms with E-state index in [0.717, 1.165) is 11.3 Å². The number of para-hydroxylation sites is 1. The molecule has 0 aromatic heterocycles. The minimum atomic E-state index is -3.71. The average molecular weight is 342 g/mol. The van der Waals surface area contributed by atoms with Crippen molar-refractivity contribution in [2.75, 3.05) is 4.31 Å². The van der Waals surface area contributed by atoms with Gasteiger partial charge in [-0.2, -0.15) is 0 Å². The molecule has 2 aromatic rings. The van der Waals surface area contributed by atoms with Crippen LogP contribution in [0.1, 0.15) is 12.5 Å². The Morgan fingerprint density at radius 1 is 1.14 bits per heavy atom. The number of hydrogen-bond acceptors (Lipinski definition) is 2. The molecule has 2 aromatic carbocycles. The molecular weight excluding hydrogens is 329 g/mol. The predicted octanol–water partition coefficient (Wildman–Crippen LogP) is 4.13. The van der Waals surface area contributed by atoms with E-state index >= 15 is 0 Å². The Hall–Kier alpha value is -1.23. The molecule has 0 bridgehead atoms. The van der Waals surface area contributed by atoms with Crippen molar-refractivity contribution in [3.8, 4) is 0 Å². The fourth-order valence-corrected chi connectivity index (χ4v) is 5.14. The fraction of sp³-hybridized carbons (Fsp3) is 0.200. The zero-order valence-corrected chi connectivity index (χ0v) is 13.6. The maximum Gasteiger partial charge on any atom is 0.266 e. The molecule has 6 heteroatoms. The Balaban J connectivity index is 2.15. The third-order valence-corrected chi connectivity index (χ3v) is 6.22. The number of fused-ring (bicyclic) bond motifs is 1. The molecule has 21 heavy (non-hydrogen) atoms. The van der Waals surface area contributed by atoms with Gasteiger partial charge >= 0.3 is 0 Å². The van der Waals surface area contributed by atoms with Gasteiger partial charge in [0.05, 0.1) is 10.7 Å². The average Bonchev–Trinajstić information content (AvgIpc) is 2.74. The van der Waals surface area contributed by atoms with Gasteiger partial charge in [-0.25, -0.2) is 8.42 Å². The van der Waals surface area contributed by atoms with Crippen molar-refractivity contribution in [3.63, 3.8) is 0 Å². The molecule has 3 nitrogen and oxygen atoms in total. The Kier molecular flexibility index (Phi) is 3.64. The topological polar surface area (TPSA) is 37.4 Å². The smallest absolute Gasteiger partial charge is 0.263 e. The van der Waals surface area contributed by atoms with Crippen molar-refractivity contribution >= 4 is 38.9 Å². The van der Waals surface area contributed by atoms with Crippen LogP contribution in [-0.2, 0) is 16.4 Å². The van der Waals surface area contributed by atoms with Gasteiger partial charge in [0.15, 0.2) is 0 Å². The van der Waals surface area contributed by atoms with Crippen LogP contribution in [0.5, 0.6) is 0 Å². The van der Waals surface area contributed by atoms with Crippen LogP contribution in [0.15, 0.2) is 47.4 Å². The summed E-state index contributed by atoms with van der Waals surface area (Å²) < 4.78 is 27.3. The molecule has 0 N–H and O–H groups in total. The van der Waals surface area contributed by atoms with Gasteiger partial charge in [-0.1, -0.05) is 41.4 Å². The third kappa shape index (κ3) is 2.41. The SMILES string of the molecule is CC1Cc2ccccc2N1S(=O)(=O)c1ccc(Cl)cc1Cl. The Morgan fingerprint density at radius 2 is 1.86 bits per heavy atom. The summed E-state index contributed by atoms with van der Waals surface area (Å²) in [5.41, 5.74) is 1.75. The summed E-state index contributed by atoms with van der Waals surface area (Å²) in [6.45, 7) is 1.89. The van der Waals surface area contributed by atoms with Gasteiger partial charge in [-0.15, -0.1) is 0 Å². The number of nitrogens with zero attached hydrogens (tertiary/aromatic N) is 1. The maximum atomic E-state index is 12.9. The number of anilines is 1. The summed E-state index contributed by atoms with van der Waals surface area (Å²) in [5, 5.41) is 0.549. The second-order valence-corrected chi connectivity index (χ2v) is 7.68. The lowest BCUT2D eigenvalue weighted by Crippen LogP contribution is -2.35. The first-order chi connectivity index (χ1) is 9.91. The first kappa shape index (κ1) is 14.7. The molecular formula is C15H13Cl2NO2S. The highest BCUT2D eigenvalue weighted by molar-refractivity contribution is 7.93. The first-order valence-electron chi connectivity index (χ1n) is 6.48. The standard InChI is InChI=1S/C15H13Cl2NO2S/c1-10-8-11-4-2-3-5-14(11)18(10)21(19,20)15-7-6-12(16)9-13(15)17/h2-7,9-10H,8H2,1H3. The van der Waals surface area contributed by atoms with E-state index in [2.05, 4.69) is 0 Å². The van der Waals surface area contributed by atoms with E-state index in [4.69, 9.17) is 23.2 Å². The molecule has 1 aliphatic rings. The summed E-state index contributed by atoms with van der Waals surface area (Å²) >= 11 is 11.9. The van der Waals surface area contributed by atoms with Crippen molar-refractivity contribution in [1.82, 2.24) is 0 Å². The highest BCUT2D eigenvalue weighted by atomic mass is 35.5. The first-order valence-corrected chi connectivity index (χ1v) is 8.68. The van der Waals surface area contributed by atoms with Crippen molar-refractivity contribution in [2.24, 2.45) is 0 Å². The van der Waals surface area contributed by atoms with E-state index in [0.29, 0.717) is 11.4 Å². The molecule has 3 rings (SSSR count). The third-order valence-electron chi connectivity index (χ3n) is 3.58. The second kappa shape index (κ2) is 5.20. The summed E-state index contributed by atoms with van der Waals surface area (Å²) in [4.78, 5) is 0.0807. The fourth-order valence-electron chi connectivity index (χ4n) is 2.69. The van der Waals surface area contributed by atoms with Crippen LogP contribution in [0.4, 0.5) is 5.69 Å². The predicted molar refractivity (Wildman–Crippen MR) is 85.7 cm³/mol. The van der Waals surface area contributed by atoms with E-state index in [1.165, 1.54) is 22.5 Å². The van der Waals surface area contributed by atoms with Crippen LogP contribution in [-0.4, -0.2) is 14.5 Å². The van der Waals surface area contributed by atoms with Crippen LogP contribution < -0.4 is 4.31 Å². The summed E-state index contributed by atoms with van der Waals surface area (Å²) in [7, 11) is -3.71. The zero-order chi connectivity index (χ0) is 15.2. The summed E-state index contributed by atoms with van der Waals surface area (Å²) in [6, 6.07) is 11.8. The Morgan fingerprint density at radius 3 is 2.57 bits per heavy atom. The number of halogens is 2. The zero-order valence-electron chi connectivity index (χ0n) is 11.3. The normalized spacial score (nSPS) is 17.9. The quantitative estimate of drug-likeness (QED) is 0.823. The maximum absolute atomic E-state index is 12.9. The molecule has 1 unspecified atom stereocenters. The van der Waals surface area contributed by atoms with E-state index < -0.39 is 10.0 Å². The molecule has 0 amide bonds. The number of hydrogen-bond donors (Lipinski definition) is 0. The Bertz CT molecular complexity index is 805. The van der Waals surface area contributed by atoms with E-state index in [9.17, 15) is 8.42 Å². The second-order valence-electron chi connectivity index (χ2n) is 5.06. The van der Waals surface area contributed by atoms with Gasteiger partial charge in [0.25, 0.3) is 10.0 Å². The molecule has 0 spiro atoms. The molecule has 1 heterocycles. The van der Waals surface area contributed by atoms with E-state index in [-0.39, 0.29) is 16.0 Å². The summed E-state index contributed by atoms with van der Waals surface area (Å²) in [6.07, 6.45) is 0.695. The van der Waals surface area contributed by atoms with Crippen LogP contribution in [0.3, 0.4) is 0 Å². The lowest BCUT2D eigenvalue weighted by molar-refractivity contribution is 0.584. The number of sulfonamides is 1. The molecule has 0 saturated heterocycles. The largest absolute Gasteiger partial charge is 0.266 e. The molecule has 0 radical (unpaired) electrons. The van der Waals surface area contributed by atoms with Gasteiger partial charge in [0, 0.05) is 11.1 Å². The highest BCUT2D eigenvalue weighted by Gasteiger charge is 2.36. The molecule has 0 saturated carbocycles. The van der Waals surface area contributed by atoms with E-state index in [1.807, 2.05) is 31.2 Å². The number of rotatable bonds is 2. The minimum absolute atomic E-state index is 0.0807. The lowest BCUT2D eigenvalue weighted by atomic mass is 10.1. The van der Waals surface area contributed by atoms with Crippen LogP contribution in [0, 0.1) is 0 Å². The monoisotopic (exact) mass is 341 g/mol. The molecule has 1 atom stereocenters. The highest BCUT2D eigenvalue weighted by Crippen LogP contribution is 2.38. The Labute approximate surface area is 134 Å². The molecule has 110 valence electrons. The lowest BCUT2D eigenvalue weighted by Gasteiger charge is -2.25. The van der Waals surface area contributed by atoms with Gasteiger partial charge in [0.1, 0.15) is 4.90 Å². The van der Waals surface area contributed by atoms with Gasteiger partial charge in [-0.3, -0.25) is 4.31 Å². The summed E-state index contributed by atoms with van der Waals surface area (Å²) in [5.74, 6) is 0. The molecule has 1 aliphatic heterocycles. The van der Waals surface area contributed by atoms with Crippen molar-refractivity contribution in [1.29, 1.82) is 0 Å². The molecule has 0 aliphatic carbocycles. The van der Waals surface area contributed by atoms with Gasteiger partial charge in [0.2, 0.25) is 0 Å². The molecule has 0 fully saturated rings. The van der Waals surface area contributed by atoms with Crippen LogP contribution in [0.2, 0.25) is 10.0 Å².